The van der Waals surface area contributed by atoms with E-state index in [4.69, 9.17) is 0 Å². The van der Waals surface area contributed by atoms with Gasteiger partial charge in [-0.15, -0.1) is 0 Å². The first-order valence-corrected chi connectivity index (χ1v) is 12.2. The molecule has 166 valence electrons. The molecule has 0 unspecified atom stereocenters. The van der Waals surface area contributed by atoms with Crippen molar-refractivity contribution < 1.29 is 9.59 Å². The molecule has 2 heterocycles. The third kappa shape index (κ3) is 5.05. The number of hydrogen-bond acceptors (Lipinski definition) is 4. The van der Waals surface area contributed by atoms with Crippen LogP contribution in [0.25, 0.3) is 5.69 Å². The fourth-order valence-corrected chi connectivity index (χ4v) is 4.57. The maximum absolute atomic E-state index is 13.3. The van der Waals surface area contributed by atoms with Crippen molar-refractivity contribution in [3.63, 3.8) is 0 Å². The summed E-state index contributed by atoms with van der Waals surface area (Å²) in [6, 6.07) is 20.1. The van der Waals surface area contributed by atoms with E-state index in [-0.39, 0.29) is 11.8 Å². The summed E-state index contributed by atoms with van der Waals surface area (Å²) in [6.45, 7) is 2.23. The standard InChI is InChI=1S/C25H28N4O2S/c1-32-25-26-19-22(29(25)21-12-6-3-7-13-21)24(31)28-17-15-27(16-18-28)23(30)14-8-11-20-9-4-2-5-10-20/h2-7,9-10,12-13,19H,8,11,14-18H2,1H3. The van der Waals surface area contributed by atoms with Gasteiger partial charge in [0.1, 0.15) is 5.69 Å². The van der Waals surface area contributed by atoms with Crippen LogP contribution < -0.4 is 0 Å². The number of carbonyl (C=O) groups excluding carboxylic acids is 2. The summed E-state index contributed by atoms with van der Waals surface area (Å²) >= 11 is 1.51. The van der Waals surface area contributed by atoms with Gasteiger partial charge in [-0.25, -0.2) is 4.98 Å². The van der Waals surface area contributed by atoms with Gasteiger partial charge in [-0.3, -0.25) is 14.2 Å². The van der Waals surface area contributed by atoms with Gasteiger partial charge < -0.3 is 9.80 Å². The number of thioether (sulfide) groups is 1. The lowest BCUT2D eigenvalue weighted by Gasteiger charge is -2.35. The van der Waals surface area contributed by atoms with Gasteiger partial charge in [-0.2, -0.15) is 0 Å². The number of para-hydroxylation sites is 1. The van der Waals surface area contributed by atoms with Crippen molar-refractivity contribution in [2.75, 3.05) is 32.4 Å². The van der Waals surface area contributed by atoms with Crippen LogP contribution in [0, 0.1) is 0 Å². The van der Waals surface area contributed by atoms with Gasteiger partial charge in [0.25, 0.3) is 5.91 Å². The third-order valence-corrected chi connectivity index (χ3v) is 6.42. The molecule has 0 aliphatic carbocycles. The molecule has 0 spiro atoms. The van der Waals surface area contributed by atoms with E-state index in [0.717, 1.165) is 23.7 Å². The Morgan fingerprint density at radius 1 is 0.906 bits per heavy atom. The summed E-state index contributed by atoms with van der Waals surface area (Å²) < 4.78 is 1.91. The molecule has 0 bridgehead atoms. The van der Waals surface area contributed by atoms with Crippen molar-refractivity contribution >= 4 is 23.6 Å². The summed E-state index contributed by atoms with van der Waals surface area (Å²) in [5.41, 5.74) is 2.74. The highest BCUT2D eigenvalue weighted by atomic mass is 32.2. The van der Waals surface area contributed by atoms with E-state index < -0.39 is 0 Å². The van der Waals surface area contributed by atoms with Crippen molar-refractivity contribution in [3.05, 3.63) is 78.1 Å². The first-order valence-electron chi connectivity index (χ1n) is 11.0. The van der Waals surface area contributed by atoms with Crippen molar-refractivity contribution in [3.8, 4) is 5.69 Å². The molecule has 1 aliphatic rings. The summed E-state index contributed by atoms with van der Waals surface area (Å²) in [5.74, 6) is 0.129. The quantitative estimate of drug-likeness (QED) is 0.515. The Bertz CT molecular complexity index is 1040. The van der Waals surface area contributed by atoms with E-state index >= 15 is 0 Å². The Labute approximate surface area is 193 Å². The molecule has 1 saturated heterocycles. The molecular formula is C25H28N4O2S. The van der Waals surface area contributed by atoms with Crippen molar-refractivity contribution in [2.24, 2.45) is 0 Å². The minimum absolute atomic E-state index is 0.0437. The number of imidazole rings is 1. The Morgan fingerprint density at radius 3 is 2.19 bits per heavy atom. The van der Waals surface area contributed by atoms with Crippen LogP contribution in [0.15, 0.2) is 72.0 Å². The number of benzene rings is 2. The topological polar surface area (TPSA) is 58.4 Å². The number of nitrogens with zero attached hydrogens (tertiary/aromatic N) is 4. The molecule has 4 rings (SSSR count). The average molecular weight is 449 g/mol. The first kappa shape index (κ1) is 22.1. The number of carbonyl (C=O) groups is 2. The molecule has 0 radical (unpaired) electrons. The first-order chi connectivity index (χ1) is 15.7. The van der Waals surface area contributed by atoms with Crippen LogP contribution in [-0.4, -0.2) is 63.6 Å². The smallest absolute Gasteiger partial charge is 0.272 e. The minimum atomic E-state index is -0.0437. The summed E-state index contributed by atoms with van der Waals surface area (Å²) in [6.07, 6.45) is 5.91. The summed E-state index contributed by atoms with van der Waals surface area (Å²) in [5, 5.41) is 0.784. The fourth-order valence-electron chi connectivity index (χ4n) is 4.02. The number of hydrogen-bond donors (Lipinski definition) is 0. The lowest BCUT2D eigenvalue weighted by Crippen LogP contribution is -2.50. The van der Waals surface area contributed by atoms with Crippen LogP contribution in [0.4, 0.5) is 0 Å². The Hall–Kier alpha value is -3.06. The second kappa shape index (κ2) is 10.5. The molecule has 32 heavy (non-hydrogen) atoms. The zero-order valence-electron chi connectivity index (χ0n) is 18.3. The number of aromatic nitrogens is 2. The second-order valence-electron chi connectivity index (χ2n) is 7.81. The van der Waals surface area contributed by atoms with Gasteiger partial charge in [0, 0.05) is 38.3 Å². The second-order valence-corrected chi connectivity index (χ2v) is 8.59. The van der Waals surface area contributed by atoms with Gasteiger partial charge in [-0.1, -0.05) is 60.3 Å². The highest BCUT2D eigenvalue weighted by Crippen LogP contribution is 2.23. The Kier molecular flexibility index (Phi) is 7.27. The van der Waals surface area contributed by atoms with Crippen LogP contribution >= 0.6 is 11.8 Å². The molecule has 7 heteroatoms. The lowest BCUT2D eigenvalue weighted by atomic mass is 10.1. The molecule has 0 saturated carbocycles. The molecule has 2 amide bonds. The average Bonchev–Trinajstić information content (AvgIpc) is 3.29. The molecule has 1 aromatic heterocycles. The molecule has 3 aromatic rings. The van der Waals surface area contributed by atoms with E-state index in [9.17, 15) is 9.59 Å². The number of piperazine rings is 1. The van der Waals surface area contributed by atoms with E-state index in [2.05, 4.69) is 17.1 Å². The van der Waals surface area contributed by atoms with Crippen LogP contribution in [0.3, 0.4) is 0 Å². The van der Waals surface area contributed by atoms with Crippen molar-refractivity contribution in [1.29, 1.82) is 0 Å². The number of rotatable bonds is 7. The molecule has 0 atom stereocenters. The highest BCUT2D eigenvalue weighted by Gasteiger charge is 2.27. The Balaban J connectivity index is 1.34. The van der Waals surface area contributed by atoms with E-state index in [1.807, 2.05) is 69.2 Å². The Morgan fingerprint density at radius 2 is 1.53 bits per heavy atom. The number of aryl methyl sites for hydroxylation is 1. The molecule has 1 fully saturated rings. The van der Waals surface area contributed by atoms with Gasteiger partial charge in [0.15, 0.2) is 5.16 Å². The van der Waals surface area contributed by atoms with Gasteiger partial charge in [0.2, 0.25) is 5.91 Å². The highest BCUT2D eigenvalue weighted by molar-refractivity contribution is 7.98. The zero-order chi connectivity index (χ0) is 22.3. The third-order valence-electron chi connectivity index (χ3n) is 5.76. The minimum Gasteiger partial charge on any atom is -0.339 e. The van der Waals surface area contributed by atoms with Crippen LogP contribution in [0.1, 0.15) is 28.9 Å². The maximum Gasteiger partial charge on any atom is 0.272 e. The SMILES string of the molecule is CSc1ncc(C(=O)N2CCN(C(=O)CCCc3ccccc3)CC2)n1-c1ccccc1. The van der Waals surface area contributed by atoms with Crippen molar-refractivity contribution in [2.45, 2.75) is 24.4 Å². The normalized spacial score (nSPS) is 13.9. The monoisotopic (exact) mass is 448 g/mol. The largest absolute Gasteiger partial charge is 0.339 e. The summed E-state index contributed by atoms with van der Waals surface area (Å²) in [7, 11) is 0. The van der Waals surface area contributed by atoms with E-state index in [0.29, 0.717) is 38.3 Å². The predicted molar refractivity (Wildman–Crippen MR) is 127 cm³/mol. The lowest BCUT2D eigenvalue weighted by molar-refractivity contribution is -0.132. The van der Waals surface area contributed by atoms with E-state index in [1.54, 1.807) is 6.20 Å². The van der Waals surface area contributed by atoms with Gasteiger partial charge in [0.05, 0.1) is 6.20 Å². The van der Waals surface area contributed by atoms with Crippen LogP contribution in [0.5, 0.6) is 0 Å². The van der Waals surface area contributed by atoms with Crippen LogP contribution in [-0.2, 0) is 11.2 Å². The van der Waals surface area contributed by atoms with Gasteiger partial charge >= 0.3 is 0 Å². The van der Waals surface area contributed by atoms with Gasteiger partial charge in [-0.05, 0) is 36.8 Å². The molecule has 0 N–H and O–H groups in total. The summed E-state index contributed by atoms with van der Waals surface area (Å²) in [4.78, 5) is 34.1. The van der Waals surface area contributed by atoms with Crippen LogP contribution in [0.2, 0.25) is 0 Å². The molecule has 2 aromatic carbocycles. The predicted octanol–water partition coefficient (Wildman–Crippen LogP) is 3.90. The molecule has 6 nitrogen and oxygen atoms in total. The number of amides is 2. The molecular weight excluding hydrogens is 420 g/mol. The van der Waals surface area contributed by atoms with E-state index in [1.165, 1.54) is 17.3 Å². The fraction of sp³-hybridized carbons (Fsp3) is 0.320. The zero-order valence-corrected chi connectivity index (χ0v) is 19.1. The maximum atomic E-state index is 13.3. The molecule has 1 aliphatic heterocycles. The van der Waals surface area contributed by atoms with Crippen molar-refractivity contribution in [1.82, 2.24) is 19.4 Å².